The van der Waals surface area contributed by atoms with Gasteiger partial charge in [-0.25, -0.2) is 0 Å². The highest BCUT2D eigenvalue weighted by atomic mass is 16.5. The summed E-state index contributed by atoms with van der Waals surface area (Å²) in [5.41, 5.74) is 3.22. The summed E-state index contributed by atoms with van der Waals surface area (Å²) < 4.78 is 5.84. The number of rotatable bonds is 2. The van der Waals surface area contributed by atoms with Crippen LogP contribution in [0.2, 0.25) is 0 Å². The molecule has 0 aromatic rings. The summed E-state index contributed by atoms with van der Waals surface area (Å²) in [6.45, 7) is 7.76. The number of nitrogens with one attached hydrogen (secondary N) is 1. The third-order valence-electron chi connectivity index (χ3n) is 4.32. The van der Waals surface area contributed by atoms with E-state index in [1.165, 1.54) is 25.8 Å². The largest absolute Gasteiger partial charge is 0.375 e. The van der Waals surface area contributed by atoms with Gasteiger partial charge in [0.2, 0.25) is 0 Å². The van der Waals surface area contributed by atoms with Crippen LogP contribution in [0.3, 0.4) is 0 Å². The molecule has 0 radical (unpaired) electrons. The van der Waals surface area contributed by atoms with E-state index in [2.05, 4.69) is 17.1 Å². The predicted octanol–water partition coefficient (Wildman–Crippen LogP) is 1.16. The van der Waals surface area contributed by atoms with Gasteiger partial charge in [0, 0.05) is 32.2 Å². The van der Waals surface area contributed by atoms with Crippen molar-refractivity contribution in [3.8, 4) is 0 Å². The van der Waals surface area contributed by atoms with Crippen molar-refractivity contribution in [2.75, 3.05) is 32.8 Å². The van der Waals surface area contributed by atoms with Gasteiger partial charge in [0.05, 0.1) is 12.7 Å². The van der Waals surface area contributed by atoms with Crippen LogP contribution in [-0.2, 0) is 4.74 Å². The van der Waals surface area contributed by atoms with Crippen LogP contribution in [0.1, 0.15) is 26.2 Å². The smallest absolute Gasteiger partial charge is 0.0731 e. The lowest BCUT2D eigenvalue weighted by Crippen LogP contribution is -2.49. The van der Waals surface area contributed by atoms with Gasteiger partial charge >= 0.3 is 0 Å². The summed E-state index contributed by atoms with van der Waals surface area (Å²) in [5, 5.41) is 3.32. The van der Waals surface area contributed by atoms with Crippen molar-refractivity contribution in [3.05, 3.63) is 11.1 Å². The first-order chi connectivity index (χ1) is 7.84. The molecule has 3 heteroatoms. The minimum atomic E-state index is 0.533. The summed E-state index contributed by atoms with van der Waals surface area (Å²) in [6.07, 6.45) is 4.50. The third kappa shape index (κ3) is 1.92. The van der Waals surface area contributed by atoms with E-state index in [0.717, 1.165) is 26.2 Å². The van der Waals surface area contributed by atoms with E-state index in [1.807, 2.05) is 0 Å². The number of hydrogen-bond donors (Lipinski definition) is 1. The Hall–Kier alpha value is -0.380. The molecular weight excluding hydrogens is 200 g/mol. The monoisotopic (exact) mass is 222 g/mol. The number of fused-ring (bicyclic) bond motifs is 1. The molecule has 3 aliphatic rings. The average molecular weight is 222 g/mol. The molecule has 0 aromatic heterocycles. The van der Waals surface area contributed by atoms with E-state index in [1.54, 1.807) is 11.1 Å². The molecule has 90 valence electrons. The second kappa shape index (κ2) is 4.47. The normalized spacial score (nSPS) is 34.7. The lowest BCUT2D eigenvalue weighted by Gasteiger charge is -2.38. The molecule has 1 saturated carbocycles. The van der Waals surface area contributed by atoms with Gasteiger partial charge in [-0.05, 0) is 31.8 Å². The van der Waals surface area contributed by atoms with E-state index in [-0.39, 0.29) is 0 Å². The van der Waals surface area contributed by atoms with Crippen LogP contribution < -0.4 is 5.32 Å². The summed E-state index contributed by atoms with van der Waals surface area (Å²) in [4.78, 5) is 2.65. The molecule has 0 amide bonds. The van der Waals surface area contributed by atoms with Gasteiger partial charge in [0.1, 0.15) is 0 Å². The van der Waals surface area contributed by atoms with Gasteiger partial charge in [0.25, 0.3) is 0 Å². The summed E-state index contributed by atoms with van der Waals surface area (Å²) in [7, 11) is 0. The molecule has 0 spiro atoms. The molecule has 2 heterocycles. The lowest BCUT2D eigenvalue weighted by molar-refractivity contribution is -0.0521. The highest BCUT2D eigenvalue weighted by molar-refractivity contribution is 5.22. The maximum absolute atomic E-state index is 5.84. The maximum Gasteiger partial charge on any atom is 0.0731 e. The van der Waals surface area contributed by atoms with Crippen LogP contribution >= 0.6 is 0 Å². The summed E-state index contributed by atoms with van der Waals surface area (Å²) >= 11 is 0. The Bertz CT molecular complexity index is 294. The molecule has 3 rings (SSSR count). The Kier molecular flexibility index (Phi) is 3.01. The number of nitrogens with zero attached hydrogens (tertiary/aromatic N) is 1. The summed E-state index contributed by atoms with van der Waals surface area (Å²) in [5.74, 6) is 0. The quantitative estimate of drug-likeness (QED) is 0.710. The molecule has 2 aliphatic heterocycles. The third-order valence-corrected chi connectivity index (χ3v) is 4.32. The first-order valence-electron chi connectivity index (χ1n) is 6.58. The van der Waals surface area contributed by atoms with Crippen molar-refractivity contribution in [3.63, 3.8) is 0 Å². The Morgan fingerprint density at radius 3 is 3.06 bits per heavy atom. The fourth-order valence-electron chi connectivity index (χ4n) is 3.17. The van der Waals surface area contributed by atoms with Gasteiger partial charge in [-0.3, -0.25) is 4.90 Å². The Balaban J connectivity index is 1.65. The summed E-state index contributed by atoms with van der Waals surface area (Å²) in [6, 6.07) is 0.706. The molecule has 0 bridgehead atoms. The van der Waals surface area contributed by atoms with Crippen molar-refractivity contribution in [1.82, 2.24) is 10.2 Å². The fourth-order valence-corrected chi connectivity index (χ4v) is 3.17. The Labute approximate surface area is 97.8 Å². The topological polar surface area (TPSA) is 24.5 Å². The van der Waals surface area contributed by atoms with Crippen LogP contribution in [-0.4, -0.2) is 49.8 Å². The minimum Gasteiger partial charge on any atom is -0.375 e. The van der Waals surface area contributed by atoms with Crippen LogP contribution in [0.5, 0.6) is 0 Å². The first-order valence-corrected chi connectivity index (χ1v) is 6.58. The Morgan fingerprint density at radius 2 is 2.31 bits per heavy atom. The highest BCUT2D eigenvalue weighted by Gasteiger charge is 2.35. The van der Waals surface area contributed by atoms with Crippen molar-refractivity contribution in [1.29, 1.82) is 0 Å². The number of morpholine rings is 1. The van der Waals surface area contributed by atoms with Gasteiger partial charge in [-0.1, -0.05) is 5.57 Å². The van der Waals surface area contributed by atoms with Crippen molar-refractivity contribution >= 4 is 0 Å². The molecule has 2 unspecified atom stereocenters. The standard InChI is InChI=1S/C13H22N2O/c1-10(11-7-14-8-11)9-15-5-6-16-13-4-2-3-12(13)15/h12-14H,2-9H2,1H3. The van der Waals surface area contributed by atoms with E-state index in [0.29, 0.717) is 12.1 Å². The van der Waals surface area contributed by atoms with E-state index < -0.39 is 0 Å². The molecule has 0 aromatic carbocycles. The van der Waals surface area contributed by atoms with Crippen molar-refractivity contribution in [2.24, 2.45) is 0 Å². The molecule has 1 aliphatic carbocycles. The fraction of sp³-hybridized carbons (Fsp3) is 0.846. The van der Waals surface area contributed by atoms with Gasteiger partial charge in [0.15, 0.2) is 0 Å². The lowest BCUT2D eigenvalue weighted by atomic mass is 10.0. The predicted molar refractivity (Wildman–Crippen MR) is 64.5 cm³/mol. The van der Waals surface area contributed by atoms with E-state index in [9.17, 15) is 0 Å². The van der Waals surface area contributed by atoms with Gasteiger partial charge < -0.3 is 10.1 Å². The van der Waals surface area contributed by atoms with Gasteiger partial charge in [-0.2, -0.15) is 0 Å². The molecule has 3 fully saturated rings. The van der Waals surface area contributed by atoms with Crippen LogP contribution in [0.25, 0.3) is 0 Å². The van der Waals surface area contributed by atoms with Crippen LogP contribution in [0.15, 0.2) is 11.1 Å². The highest BCUT2D eigenvalue weighted by Crippen LogP contribution is 2.30. The average Bonchev–Trinajstić information content (AvgIpc) is 2.63. The van der Waals surface area contributed by atoms with E-state index in [4.69, 9.17) is 4.74 Å². The minimum absolute atomic E-state index is 0.533. The van der Waals surface area contributed by atoms with Crippen molar-refractivity contribution in [2.45, 2.75) is 38.3 Å². The molecule has 2 atom stereocenters. The number of ether oxygens (including phenoxy) is 1. The van der Waals surface area contributed by atoms with Gasteiger partial charge in [-0.15, -0.1) is 0 Å². The van der Waals surface area contributed by atoms with Crippen molar-refractivity contribution < 1.29 is 4.74 Å². The molecule has 3 nitrogen and oxygen atoms in total. The zero-order valence-corrected chi connectivity index (χ0v) is 10.2. The SMILES string of the molecule is CC(CN1CCOC2CCCC21)=C1CNC1. The second-order valence-corrected chi connectivity index (χ2v) is 5.37. The van der Waals surface area contributed by atoms with Crippen LogP contribution in [0, 0.1) is 0 Å². The Morgan fingerprint density at radius 1 is 1.44 bits per heavy atom. The second-order valence-electron chi connectivity index (χ2n) is 5.37. The first kappa shape index (κ1) is 10.8. The molecular formula is C13H22N2O. The maximum atomic E-state index is 5.84. The van der Waals surface area contributed by atoms with Crippen LogP contribution in [0.4, 0.5) is 0 Å². The van der Waals surface area contributed by atoms with E-state index >= 15 is 0 Å². The zero-order valence-electron chi connectivity index (χ0n) is 10.2. The molecule has 16 heavy (non-hydrogen) atoms. The number of hydrogen-bond acceptors (Lipinski definition) is 3. The molecule has 2 saturated heterocycles. The zero-order chi connectivity index (χ0) is 11.0. The molecule has 1 N–H and O–H groups in total.